The lowest BCUT2D eigenvalue weighted by molar-refractivity contribution is 0.169. The Morgan fingerprint density at radius 1 is 1.43 bits per heavy atom. The summed E-state index contributed by atoms with van der Waals surface area (Å²) in [6.07, 6.45) is 1.04. The average molecular weight is 195 g/mol. The Hall–Kier alpha value is -1.09. The molecule has 0 fully saturated rings. The van der Waals surface area contributed by atoms with E-state index in [0.29, 0.717) is 18.9 Å². The van der Waals surface area contributed by atoms with Gasteiger partial charge in [-0.05, 0) is 19.4 Å². The van der Waals surface area contributed by atoms with Crippen molar-refractivity contribution in [2.24, 2.45) is 0 Å². The minimum absolute atomic E-state index is 0.306. The van der Waals surface area contributed by atoms with Crippen molar-refractivity contribution < 1.29 is 9.84 Å². The maximum atomic E-state index is 9.45. The first-order valence-electron chi connectivity index (χ1n) is 5.03. The third-order valence-corrected chi connectivity index (χ3v) is 1.99. The fourth-order valence-corrected chi connectivity index (χ4v) is 1.19. The zero-order chi connectivity index (χ0) is 10.4. The Labute approximate surface area is 84.7 Å². The summed E-state index contributed by atoms with van der Waals surface area (Å²) in [5.74, 6) is 0.633. The number of hydrogen-bond acceptors (Lipinski definition) is 3. The molecule has 0 aromatic carbocycles. The van der Waals surface area contributed by atoms with E-state index in [9.17, 15) is 5.11 Å². The van der Waals surface area contributed by atoms with Crippen molar-refractivity contribution >= 4 is 0 Å². The van der Waals surface area contributed by atoms with Crippen molar-refractivity contribution in [1.82, 2.24) is 4.98 Å². The molecule has 1 N–H and O–H groups in total. The molecular weight excluding hydrogens is 178 g/mol. The summed E-state index contributed by atoms with van der Waals surface area (Å²) in [4.78, 5) is 4.27. The molecule has 0 amide bonds. The van der Waals surface area contributed by atoms with Crippen LogP contribution in [-0.2, 0) is 6.42 Å². The lowest BCUT2D eigenvalue weighted by atomic mass is 10.1. The summed E-state index contributed by atoms with van der Waals surface area (Å²) in [6.45, 7) is 4.50. The predicted octanol–water partition coefficient (Wildman–Crippen LogP) is 1.79. The van der Waals surface area contributed by atoms with E-state index in [0.717, 1.165) is 12.1 Å². The van der Waals surface area contributed by atoms with Gasteiger partial charge in [-0.2, -0.15) is 0 Å². The zero-order valence-electron chi connectivity index (χ0n) is 8.73. The topological polar surface area (TPSA) is 42.4 Å². The van der Waals surface area contributed by atoms with Crippen LogP contribution in [0.5, 0.6) is 5.88 Å². The predicted molar refractivity (Wildman–Crippen MR) is 55.4 cm³/mol. The maximum absolute atomic E-state index is 9.45. The van der Waals surface area contributed by atoms with Crippen molar-refractivity contribution in [3.8, 4) is 5.88 Å². The largest absolute Gasteiger partial charge is 0.478 e. The molecular formula is C11H17NO2. The zero-order valence-corrected chi connectivity index (χ0v) is 8.73. The second kappa shape index (κ2) is 5.60. The first kappa shape index (κ1) is 11.0. The van der Waals surface area contributed by atoms with E-state index in [-0.39, 0.29) is 6.10 Å². The Balaban J connectivity index is 2.63. The number of ether oxygens (including phenoxy) is 1. The molecule has 1 heterocycles. The molecule has 0 bridgehead atoms. The molecule has 3 nitrogen and oxygen atoms in total. The minimum Gasteiger partial charge on any atom is -0.478 e. The summed E-state index contributed by atoms with van der Waals surface area (Å²) in [5.41, 5.74) is 0.880. The number of rotatable bonds is 5. The molecule has 1 rings (SSSR count). The van der Waals surface area contributed by atoms with Gasteiger partial charge in [-0.1, -0.05) is 13.0 Å². The van der Waals surface area contributed by atoms with E-state index >= 15 is 0 Å². The molecule has 78 valence electrons. The van der Waals surface area contributed by atoms with E-state index in [2.05, 4.69) is 4.98 Å². The summed E-state index contributed by atoms with van der Waals surface area (Å²) in [5, 5.41) is 9.45. The molecule has 0 saturated heterocycles. The maximum Gasteiger partial charge on any atom is 0.213 e. The highest BCUT2D eigenvalue weighted by Gasteiger charge is 2.04. The van der Waals surface area contributed by atoms with Crippen molar-refractivity contribution in [2.45, 2.75) is 32.8 Å². The van der Waals surface area contributed by atoms with E-state index in [4.69, 9.17) is 4.74 Å². The highest BCUT2D eigenvalue weighted by molar-refractivity contribution is 5.16. The molecule has 1 aromatic rings. The molecule has 1 aromatic heterocycles. The van der Waals surface area contributed by atoms with E-state index < -0.39 is 0 Å². The molecule has 14 heavy (non-hydrogen) atoms. The Bertz CT molecular complexity index is 276. The number of aromatic nitrogens is 1. The first-order valence-corrected chi connectivity index (χ1v) is 5.03. The summed E-state index contributed by atoms with van der Waals surface area (Å²) < 4.78 is 5.27. The van der Waals surface area contributed by atoms with Crippen LogP contribution in [0, 0.1) is 0 Å². The fraction of sp³-hybridized carbons (Fsp3) is 0.545. The molecule has 1 atom stereocenters. The van der Waals surface area contributed by atoms with Gasteiger partial charge in [0.1, 0.15) is 0 Å². The van der Waals surface area contributed by atoms with E-state index in [1.165, 1.54) is 0 Å². The SMILES string of the molecule is CCOc1cccc(CC(O)CC)n1. The van der Waals surface area contributed by atoms with Gasteiger partial charge in [-0.25, -0.2) is 4.98 Å². The summed E-state index contributed by atoms with van der Waals surface area (Å²) in [7, 11) is 0. The number of aliphatic hydroxyl groups is 1. The minimum atomic E-state index is -0.306. The summed E-state index contributed by atoms with van der Waals surface area (Å²) >= 11 is 0. The Morgan fingerprint density at radius 2 is 2.21 bits per heavy atom. The van der Waals surface area contributed by atoms with Crippen LogP contribution in [0.1, 0.15) is 26.0 Å². The number of nitrogens with zero attached hydrogens (tertiary/aromatic N) is 1. The second-order valence-corrected chi connectivity index (χ2v) is 3.17. The number of hydrogen-bond donors (Lipinski definition) is 1. The van der Waals surface area contributed by atoms with Crippen LogP contribution in [0.2, 0.25) is 0 Å². The smallest absolute Gasteiger partial charge is 0.213 e. The second-order valence-electron chi connectivity index (χ2n) is 3.17. The van der Waals surface area contributed by atoms with E-state index in [1.807, 2.05) is 32.0 Å². The van der Waals surface area contributed by atoms with Crippen LogP contribution < -0.4 is 4.74 Å². The highest BCUT2D eigenvalue weighted by Crippen LogP contribution is 2.09. The van der Waals surface area contributed by atoms with Gasteiger partial charge in [-0.3, -0.25) is 0 Å². The van der Waals surface area contributed by atoms with Gasteiger partial charge in [-0.15, -0.1) is 0 Å². The van der Waals surface area contributed by atoms with Gasteiger partial charge in [0.25, 0.3) is 0 Å². The lowest BCUT2D eigenvalue weighted by Gasteiger charge is -2.08. The van der Waals surface area contributed by atoms with Crippen LogP contribution in [0.4, 0.5) is 0 Å². The molecule has 0 aliphatic heterocycles. The van der Waals surface area contributed by atoms with E-state index in [1.54, 1.807) is 0 Å². The molecule has 1 unspecified atom stereocenters. The molecule has 0 aliphatic rings. The van der Waals surface area contributed by atoms with Gasteiger partial charge >= 0.3 is 0 Å². The van der Waals surface area contributed by atoms with Crippen LogP contribution in [0.3, 0.4) is 0 Å². The Kier molecular flexibility index (Phi) is 4.40. The van der Waals surface area contributed by atoms with Crippen LogP contribution in [-0.4, -0.2) is 22.8 Å². The third kappa shape index (κ3) is 3.34. The highest BCUT2D eigenvalue weighted by atomic mass is 16.5. The standard InChI is InChI=1S/C11H17NO2/c1-3-10(13)8-9-6-5-7-11(12-9)14-4-2/h5-7,10,13H,3-4,8H2,1-2H3. The van der Waals surface area contributed by atoms with Gasteiger partial charge in [0.15, 0.2) is 0 Å². The van der Waals surface area contributed by atoms with Crippen molar-refractivity contribution in [1.29, 1.82) is 0 Å². The quantitative estimate of drug-likeness (QED) is 0.779. The Morgan fingerprint density at radius 3 is 2.86 bits per heavy atom. The summed E-state index contributed by atoms with van der Waals surface area (Å²) in [6, 6.07) is 5.63. The molecule has 0 spiro atoms. The third-order valence-electron chi connectivity index (χ3n) is 1.99. The van der Waals surface area contributed by atoms with Crippen LogP contribution >= 0.6 is 0 Å². The van der Waals surface area contributed by atoms with Crippen molar-refractivity contribution in [3.05, 3.63) is 23.9 Å². The fourth-order valence-electron chi connectivity index (χ4n) is 1.19. The van der Waals surface area contributed by atoms with Gasteiger partial charge in [0, 0.05) is 18.2 Å². The van der Waals surface area contributed by atoms with Gasteiger partial charge in [0.05, 0.1) is 12.7 Å². The van der Waals surface area contributed by atoms with Crippen LogP contribution in [0.15, 0.2) is 18.2 Å². The molecule has 3 heteroatoms. The van der Waals surface area contributed by atoms with Crippen molar-refractivity contribution in [2.75, 3.05) is 6.61 Å². The number of aliphatic hydroxyl groups excluding tert-OH is 1. The average Bonchev–Trinajstić information content (AvgIpc) is 2.19. The van der Waals surface area contributed by atoms with Crippen molar-refractivity contribution in [3.63, 3.8) is 0 Å². The van der Waals surface area contributed by atoms with Gasteiger partial charge in [0.2, 0.25) is 5.88 Å². The molecule has 0 saturated carbocycles. The van der Waals surface area contributed by atoms with Crippen LogP contribution in [0.25, 0.3) is 0 Å². The monoisotopic (exact) mass is 195 g/mol. The molecule has 0 radical (unpaired) electrons. The first-order chi connectivity index (χ1) is 6.76. The van der Waals surface area contributed by atoms with Gasteiger partial charge < -0.3 is 9.84 Å². The lowest BCUT2D eigenvalue weighted by Crippen LogP contribution is -2.10. The number of pyridine rings is 1. The molecule has 0 aliphatic carbocycles. The normalized spacial score (nSPS) is 12.5.